The Kier molecular flexibility index (Phi) is 4.14. The van der Waals surface area contributed by atoms with Gasteiger partial charge in [0, 0.05) is 12.2 Å². The molecule has 0 heterocycles. The number of benzene rings is 1. The molecule has 0 amide bonds. The Morgan fingerprint density at radius 3 is 2.61 bits per heavy atom. The molecule has 100 valence electrons. The third-order valence-electron chi connectivity index (χ3n) is 3.28. The molecule has 1 aromatic rings. The number of hydrogen-bond donors (Lipinski definition) is 2. The van der Waals surface area contributed by atoms with E-state index < -0.39 is 10.0 Å². The molecular formula is C12H17ClN2O2S. The number of nitrogens with one attached hydrogen (secondary N) is 1. The Bertz CT molecular complexity index is 525. The van der Waals surface area contributed by atoms with Gasteiger partial charge in [0.1, 0.15) is 4.90 Å². The monoisotopic (exact) mass is 288 g/mol. The van der Waals surface area contributed by atoms with Gasteiger partial charge in [-0.1, -0.05) is 24.4 Å². The van der Waals surface area contributed by atoms with Crippen molar-refractivity contribution in [3.63, 3.8) is 0 Å². The molecule has 0 unspecified atom stereocenters. The van der Waals surface area contributed by atoms with Crippen LogP contribution in [0.15, 0.2) is 23.1 Å². The Morgan fingerprint density at radius 2 is 2.00 bits per heavy atom. The highest BCUT2D eigenvalue weighted by molar-refractivity contribution is 7.89. The van der Waals surface area contributed by atoms with E-state index in [0.29, 0.717) is 18.2 Å². The second-order valence-electron chi connectivity index (χ2n) is 4.69. The Labute approximate surface area is 113 Å². The number of sulfonamides is 1. The first-order valence-corrected chi connectivity index (χ1v) is 7.90. The van der Waals surface area contributed by atoms with Gasteiger partial charge < -0.3 is 5.73 Å². The second-order valence-corrected chi connectivity index (χ2v) is 6.83. The van der Waals surface area contributed by atoms with Crippen LogP contribution in [0.4, 0.5) is 5.69 Å². The fraction of sp³-hybridized carbons (Fsp3) is 0.500. The molecule has 1 aliphatic carbocycles. The first-order chi connectivity index (χ1) is 8.49. The number of rotatable bonds is 4. The van der Waals surface area contributed by atoms with E-state index in [2.05, 4.69) is 4.72 Å². The molecule has 0 spiro atoms. The summed E-state index contributed by atoms with van der Waals surface area (Å²) in [5.74, 6) is 0.451. The van der Waals surface area contributed by atoms with Gasteiger partial charge in [-0.2, -0.15) is 0 Å². The van der Waals surface area contributed by atoms with Crippen LogP contribution in [0.5, 0.6) is 0 Å². The lowest BCUT2D eigenvalue weighted by Gasteiger charge is -2.12. The molecule has 0 radical (unpaired) electrons. The van der Waals surface area contributed by atoms with Crippen LogP contribution in [0.1, 0.15) is 25.7 Å². The minimum atomic E-state index is -3.53. The van der Waals surface area contributed by atoms with Crippen molar-refractivity contribution in [1.82, 2.24) is 4.72 Å². The van der Waals surface area contributed by atoms with Crippen LogP contribution in [-0.2, 0) is 10.0 Å². The van der Waals surface area contributed by atoms with Gasteiger partial charge in [0.05, 0.1) is 5.02 Å². The first kappa shape index (κ1) is 13.6. The van der Waals surface area contributed by atoms with Gasteiger partial charge in [-0.05, 0) is 37.0 Å². The molecule has 3 N–H and O–H groups in total. The predicted octanol–water partition coefficient (Wildman–Crippen LogP) is 2.39. The van der Waals surface area contributed by atoms with Crippen molar-refractivity contribution in [1.29, 1.82) is 0 Å². The highest BCUT2D eigenvalue weighted by atomic mass is 35.5. The van der Waals surface area contributed by atoms with Gasteiger partial charge in [-0.15, -0.1) is 0 Å². The summed E-state index contributed by atoms with van der Waals surface area (Å²) in [6.45, 7) is 0.489. The van der Waals surface area contributed by atoms with E-state index in [1.54, 1.807) is 0 Å². The van der Waals surface area contributed by atoms with Crippen LogP contribution in [0.25, 0.3) is 0 Å². The topological polar surface area (TPSA) is 72.2 Å². The van der Waals surface area contributed by atoms with Crippen molar-refractivity contribution in [3.05, 3.63) is 23.2 Å². The van der Waals surface area contributed by atoms with Crippen molar-refractivity contribution in [2.75, 3.05) is 12.3 Å². The Morgan fingerprint density at radius 1 is 1.33 bits per heavy atom. The highest BCUT2D eigenvalue weighted by Gasteiger charge is 2.21. The number of nitrogen functional groups attached to an aromatic ring is 1. The minimum Gasteiger partial charge on any atom is -0.399 e. The van der Waals surface area contributed by atoms with Crippen molar-refractivity contribution >= 4 is 27.3 Å². The van der Waals surface area contributed by atoms with E-state index in [9.17, 15) is 8.42 Å². The molecule has 0 bridgehead atoms. The lowest BCUT2D eigenvalue weighted by Crippen LogP contribution is -2.28. The van der Waals surface area contributed by atoms with Crippen LogP contribution in [0, 0.1) is 5.92 Å². The summed E-state index contributed by atoms with van der Waals surface area (Å²) in [5, 5.41) is 0.161. The summed E-state index contributed by atoms with van der Waals surface area (Å²) in [6.07, 6.45) is 4.57. The van der Waals surface area contributed by atoms with E-state index >= 15 is 0 Å². The summed E-state index contributed by atoms with van der Waals surface area (Å²) >= 11 is 5.91. The van der Waals surface area contributed by atoms with Crippen molar-refractivity contribution in [2.24, 2.45) is 5.92 Å². The van der Waals surface area contributed by atoms with Gasteiger partial charge >= 0.3 is 0 Å². The van der Waals surface area contributed by atoms with Gasteiger partial charge in [0.25, 0.3) is 0 Å². The van der Waals surface area contributed by atoms with Crippen LogP contribution < -0.4 is 10.5 Å². The van der Waals surface area contributed by atoms with Crippen LogP contribution in [0.3, 0.4) is 0 Å². The van der Waals surface area contributed by atoms with Crippen molar-refractivity contribution in [2.45, 2.75) is 30.6 Å². The Balaban J connectivity index is 2.09. The SMILES string of the molecule is Nc1ccc(S(=O)(=O)NCC2CCCC2)c(Cl)c1. The summed E-state index contributed by atoms with van der Waals surface area (Å²) in [6, 6.07) is 4.43. The molecule has 0 aromatic heterocycles. The molecule has 1 saturated carbocycles. The average Bonchev–Trinajstić information content (AvgIpc) is 2.78. The first-order valence-electron chi connectivity index (χ1n) is 6.04. The summed E-state index contributed by atoms with van der Waals surface area (Å²) in [4.78, 5) is 0.0939. The fourth-order valence-electron chi connectivity index (χ4n) is 2.25. The molecule has 1 aromatic carbocycles. The van der Waals surface area contributed by atoms with Crippen molar-refractivity contribution in [3.8, 4) is 0 Å². The van der Waals surface area contributed by atoms with Crippen LogP contribution in [0.2, 0.25) is 5.02 Å². The van der Waals surface area contributed by atoms with Crippen LogP contribution in [-0.4, -0.2) is 15.0 Å². The molecule has 2 rings (SSSR count). The Hall–Kier alpha value is -0.780. The minimum absolute atomic E-state index is 0.0939. The maximum absolute atomic E-state index is 12.1. The maximum Gasteiger partial charge on any atom is 0.242 e. The molecule has 6 heteroatoms. The standard InChI is InChI=1S/C12H17ClN2O2S/c13-11-7-10(14)5-6-12(11)18(16,17)15-8-9-3-1-2-4-9/h5-7,9,15H,1-4,8,14H2. The molecule has 1 aliphatic rings. The number of nitrogens with two attached hydrogens (primary N) is 1. The van der Waals surface area contributed by atoms with Gasteiger partial charge in [-0.3, -0.25) is 0 Å². The van der Waals surface area contributed by atoms with E-state index in [-0.39, 0.29) is 9.92 Å². The van der Waals surface area contributed by atoms with E-state index in [0.717, 1.165) is 12.8 Å². The number of halogens is 1. The summed E-state index contributed by atoms with van der Waals surface area (Å²) in [7, 11) is -3.53. The van der Waals surface area contributed by atoms with E-state index in [1.807, 2.05) is 0 Å². The molecule has 1 fully saturated rings. The molecular weight excluding hydrogens is 272 g/mol. The number of hydrogen-bond acceptors (Lipinski definition) is 3. The fourth-order valence-corrected chi connectivity index (χ4v) is 3.92. The lowest BCUT2D eigenvalue weighted by atomic mass is 10.1. The van der Waals surface area contributed by atoms with Gasteiger partial charge in [-0.25, -0.2) is 13.1 Å². The smallest absolute Gasteiger partial charge is 0.242 e. The van der Waals surface area contributed by atoms with E-state index in [1.165, 1.54) is 31.0 Å². The molecule has 4 nitrogen and oxygen atoms in total. The van der Waals surface area contributed by atoms with Gasteiger partial charge in [0.15, 0.2) is 0 Å². The zero-order valence-electron chi connectivity index (χ0n) is 10.0. The highest BCUT2D eigenvalue weighted by Crippen LogP contribution is 2.26. The number of anilines is 1. The lowest BCUT2D eigenvalue weighted by molar-refractivity contribution is 0.519. The maximum atomic E-state index is 12.1. The third kappa shape index (κ3) is 3.16. The second kappa shape index (κ2) is 5.47. The predicted molar refractivity (Wildman–Crippen MR) is 73.0 cm³/mol. The van der Waals surface area contributed by atoms with Crippen LogP contribution >= 0.6 is 11.6 Å². The van der Waals surface area contributed by atoms with Crippen molar-refractivity contribution < 1.29 is 8.42 Å². The molecule has 18 heavy (non-hydrogen) atoms. The average molecular weight is 289 g/mol. The third-order valence-corrected chi connectivity index (χ3v) is 5.19. The van der Waals surface area contributed by atoms with E-state index in [4.69, 9.17) is 17.3 Å². The molecule has 0 saturated heterocycles. The normalized spacial score (nSPS) is 17.2. The zero-order chi connectivity index (χ0) is 13.2. The summed E-state index contributed by atoms with van der Waals surface area (Å²) in [5.41, 5.74) is 6.00. The quantitative estimate of drug-likeness (QED) is 0.836. The van der Waals surface area contributed by atoms with Gasteiger partial charge in [0.2, 0.25) is 10.0 Å². The zero-order valence-corrected chi connectivity index (χ0v) is 11.6. The largest absolute Gasteiger partial charge is 0.399 e. The molecule has 0 aliphatic heterocycles. The molecule has 0 atom stereocenters. The summed E-state index contributed by atoms with van der Waals surface area (Å²) < 4.78 is 26.8.